The number of carbonyl (C=O) groups excluding carboxylic acids is 1. The van der Waals surface area contributed by atoms with Gasteiger partial charge in [0.1, 0.15) is 11.9 Å². The summed E-state index contributed by atoms with van der Waals surface area (Å²) in [6.45, 7) is 13.7. The maximum absolute atomic E-state index is 12.7. The highest BCUT2D eigenvalue weighted by Gasteiger charge is 2.46. The van der Waals surface area contributed by atoms with Crippen LogP contribution in [0.15, 0.2) is 18.2 Å². The third-order valence-electron chi connectivity index (χ3n) is 5.12. The molecule has 5 nitrogen and oxygen atoms in total. The van der Waals surface area contributed by atoms with E-state index in [0.717, 1.165) is 11.1 Å². The van der Waals surface area contributed by atoms with Gasteiger partial charge in [0.25, 0.3) is 0 Å². The Morgan fingerprint density at radius 1 is 1.23 bits per heavy atom. The number of rotatable bonds is 5. The highest BCUT2D eigenvalue weighted by atomic mass is 16.6. The molecule has 0 bridgehead atoms. The first kappa shape index (κ1) is 20.7. The number of hydrogen-bond acceptors (Lipinski definition) is 5. The van der Waals surface area contributed by atoms with Crippen molar-refractivity contribution in [3.05, 3.63) is 29.3 Å². The fraction of sp³-hybridized carbons (Fsp3) is 0.667. The topological polar surface area (TPSA) is 59.0 Å². The summed E-state index contributed by atoms with van der Waals surface area (Å²) < 4.78 is 11.7. The van der Waals surface area contributed by atoms with Crippen molar-refractivity contribution < 1.29 is 19.5 Å². The van der Waals surface area contributed by atoms with Gasteiger partial charge in [0.2, 0.25) is 0 Å². The third-order valence-corrected chi connectivity index (χ3v) is 5.12. The first-order valence-electron chi connectivity index (χ1n) is 9.40. The number of carbonyl (C=O) groups is 1. The maximum atomic E-state index is 12.7. The summed E-state index contributed by atoms with van der Waals surface area (Å²) in [7, 11) is 0. The van der Waals surface area contributed by atoms with E-state index >= 15 is 0 Å². The number of hydroxylamine groups is 2. The molecule has 0 aromatic heterocycles. The van der Waals surface area contributed by atoms with E-state index in [1.807, 2.05) is 66.7 Å². The van der Waals surface area contributed by atoms with Gasteiger partial charge in [-0.3, -0.25) is 0 Å². The molecule has 1 aromatic carbocycles. The number of benzene rings is 1. The van der Waals surface area contributed by atoms with Crippen molar-refractivity contribution in [3.63, 3.8) is 0 Å². The second kappa shape index (κ2) is 7.57. The molecule has 0 saturated carbocycles. The molecular weight excluding hydrogens is 330 g/mol. The molecule has 26 heavy (non-hydrogen) atoms. The van der Waals surface area contributed by atoms with Crippen molar-refractivity contribution in [3.8, 4) is 5.75 Å². The van der Waals surface area contributed by atoms with Crippen LogP contribution in [0.3, 0.4) is 0 Å². The molecule has 1 heterocycles. The average Bonchev–Trinajstić information content (AvgIpc) is 2.51. The highest BCUT2D eigenvalue weighted by Crippen LogP contribution is 2.38. The smallest absolute Gasteiger partial charge is 0.347 e. The van der Waals surface area contributed by atoms with Crippen LogP contribution in [0.5, 0.6) is 5.75 Å². The number of piperidine rings is 1. The van der Waals surface area contributed by atoms with Gasteiger partial charge in [0.05, 0.1) is 0 Å². The second-order valence-corrected chi connectivity index (χ2v) is 8.69. The first-order valence-corrected chi connectivity index (χ1v) is 9.40. The Morgan fingerprint density at radius 2 is 1.81 bits per heavy atom. The van der Waals surface area contributed by atoms with Crippen molar-refractivity contribution in [2.24, 2.45) is 0 Å². The molecule has 146 valence electrons. The van der Waals surface area contributed by atoms with Crippen molar-refractivity contribution in [1.29, 1.82) is 0 Å². The van der Waals surface area contributed by atoms with E-state index in [1.165, 1.54) is 5.06 Å². The average molecular weight is 363 g/mol. The maximum Gasteiger partial charge on any atom is 0.347 e. The molecule has 1 N–H and O–H groups in total. The highest BCUT2D eigenvalue weighted by molar-refractivity contribution is 5.75. The van der Waals surface area contributed by atoms with Gasteiger partial charge >= 0.3 is 5.97 Å². The number of nitrogens with zero attached hydrogens (tertiary/aromatic N) is 1. The lowest BCUT2D eigenvalue weighted by atomic mass is 9.80. The molecule has 0 aliphatic carbocycles. The molecule has 1 aliphatic heterocycles. The molecule has 2 rings (SSSR count). The largest absolute Gasteiger partial charge is 0.478 e. The standard InChI is InChI=1S/C21H33NO4/c1-8-17(26-18-10-9-14(2)11-15(18)3)19(23)25-16-12-20(4,5)22(24)21(6,7)13-16/h9-11,16-17,24H,8,12-13H2,1-7H3. The molecule has 1 fully saturated rings. The van der Waals surface area contributed by atoms with Crippen LogP contribution in [-0.4, -0.2) is 39.5 Å². The Balaban J connectivity index is 2.07. The third kappa shape index (κ3) is 4.57. The van der Waals surface area contributed by atoms with Crippen LogP contribution in [0.1, 0.15) is 65.0 Å². The summed E-state index contributed by atoms with van der Waals surface area (Å²) in [5.74, 6) is 0.376. The summed E-state index contributed by atoms with van der Waals surface area (Å²) in [4.78, 5) is 12.7. The van der Waals surface area contributed by atoms with Crippen molar-refractivity contribution in [2.45, 2.75) is 91.0 Å². The van der Waals surface area contributed by atoms with E-state index < -0.39 is 17.2 Å². The zero-order chi connectivity index (χ0) is 19.7. The van der Waals surface area contributed by atoms with E-state index in [1.54, 1.807) is 0 Å². The zero-order valence-corrected chi connectivity index (χ0v) is 17.1. The summed E-state index contributed by atoms with van der Waals surface area (Å²) in [6.07, 6.45) is 0.831. The lowest BCUT2D eigenvalue weighted by molar-refractivity contribution is -0.260. The lowest BCUT2D eigenvalue weighted by Crippen LogP contribution is -2.61. The van der Waals surface area contributed by atoms with E-state index in [-0.39, 0.29) is 12.1 Å². The molecule has 1 aliphatic rings. The lowest BCUT2D eigenvalue weighted by Gasteiger charge is -2.51. The molecular formula is C21H33NO4. The van der Waals surface area contributed by atoms with Gasteiger partial charge < -0.3 is 14.7 Å². The summed E-state index contributed by atoms with van der Waals surface area (Å²) in [5.41, 5.74) is 1.25. The van der Waals surface area contributed by atoms with E-state index in [9.17, 15) is 10.0 Å². The van der Waals surface area contributed by atoms with Crippen LogP contribution in [0, 0.1) is 13.8 Å². The minimum Gasteiger partial charge on any atom is -0.478 e. The van der Waals surface area contributed by atoms with Crippen molar-refractivity contribution in [1.82, 2.24) is 5.06 Å². The number of ether oxygens (including phenoxy) is 2. The molecule has 1 unspecified atom stereocenters. The Labute approximate surface area is 157 Å². The monoisotopic (exact) mass is 363 g/mol. The van der Waals surface area contributed by atoms with Gasteiger partial charge in [-0.25, -0.2) is 4.79 Å². The number of aryl methyl sites for hydroxylation is 2. The van der Waals surface area contributed by atoms with Crippen LogP contribution in [0.4, 0.5) is 0 Å². The van der Waals surface area contributed by atoms with Gasteiger partial charge in [-0.05, 0) is 59.6 Å². The van der Waals surface area contributed by atoms with Crippen LogP contribution in [-0.2, 0) is 9.53 Å². The minimum atomic E-state index is -0.630. The Kier molecular flexibility index (Phi) is 6.03. The zero-order valence-electron chi connectivity index (χ0n) is 17.1. The van der Waals surface area contributed by atoms with Gasteiger partial charge in [-0.15, -0.1) is 0 Å². The Hall–Kier alpha value is -1.59. The van der Waals surface area contributed by atoms with Crippen molar-refractivity contribution in [2.75, 3.05) is 0 Å². The van der Waals surface area contributed by atoms with Crippen LogP contribution in [0.2, 0.25) is 0 Å². The molecule has 0 radical (unpaired) electrons. The predicted octanol–water partition coefficient (Wildman–Crippen LogP) is 4.41. The molecule has 1 atom stereocenters. The first-order chi connectivity index (χ1) is 12.0. The molecule has 5 heteroatoms. The Morgan fingerprint density at radius 3 is 2.31 bits per heavy atom. The Bertz CT molecular complexity index is 635. The van der Waals surface area contributed by atoms with Gasteiger partial charge in [-0.1, -0.05) is 24.6 Å². The second-order valence-electron chi connectivity index (χ2n) is 8.69. The predicted molar refractivity (Wildman–Crippen MR) is 102 cm³/mol. The van der Waals surface area contributed by atoms with Crippen LogP contribution in [0.25, 0.3) is 0 Å². The van der Waals surface area contributed by atoms with Gasteiger partial charge in [0.15, 0.2) is 6.10 Å². The van der Waals surface area contributed by atoms with Gasteiger partial charge in [-0.2, -0.15) is 5.06 Å². The van der Waals surface area contributed by atoms with Crippen molar-refractivity contribution >= 4 is 5.97 Å². The molecule has 1 saturated heterocycles. The summed E-state index contributed by atoms with van der Waals surface area (Å²) in [5, 5.41) is 11.8. The number of esters is 1. The summed E-state index contributed by atoms with van der Waals surface area (Å²) >= 11 is 0. The van der Waals surface area contributed by atoms with Crippen LogP contribution >= 0.6 is 0 Å². The minimum absolute atomic E-state index is 0.243. The fourth-order valence-electron chi connectivity index (χ4n) is 3.89. The van der Waals surface area contributed by atoms with E-state index in [0.29, 0.717) is 25.0 Å². The molecule has 1 aromatic rings. The SMILES string of the molecule is CCC(Oc1ccc(C)cc1C)C(=O)OC1CC(C)(C)N(O)C(C)(C)C1. The van der Waals surface area contributed by atoms with E-state index in [4.69, 9.17) is 9.47 Å². The summed E-state index contributed by atoms with van der Waals surface area (Å²) in [6, 6.07) is 5.91. The quantitative estimate of drug-likeness (QED) is 0.785. The molecule has 0 amide bonds. The van der Waals surface area contributed by atoms with Crippen LogP contribution < -0.4 is 4.74 Å². The van der Waals surface area contributed by atoms with Gasteiger partial charge in [0, 0.05) is 23.9 Å². The number of hydrogen-bond donors (Lipinski definition) is 1. The molecule has 0 spiro atoms. The normalized spacial score (nSPS) is 21.2. The fourth-order valence-corrected chi connectivity index (χ4v) is 3.89. The van der Waals surface area contributed by atoms with E-state index in [2.05, 4.69) is 0 Å².